The Bertz CT molecular complexity index is 507. The van der Waals surface area contributed by atoms with Crippen LogP contribution in [0.1, 0.15) is 32.3 Å². The number of nitrogens with zero attached hydrogens (tertiary/aromatic N) is 1. The van der Waals surface area contributed by atoms with Crippen LogP contribution in [0.15, 0.2) is 18.2 Å². The molecule has 0 aliphatic heterocycles. The first-order chi connectivity index (χ1) is 8.99. The topological polar surface area (TPSA) is 52.9 Å². The van der Waals surface area contributed by atoms with Gasteiger partial charge < -0.3 is 5.32 Å². The minimum atomic E-state index is -0.996. The van der Waals surface area contributed by atoms with Crippen molar-refractivity contribution in [1.29, 1.82) is 5.26 Å². The molecule has 5 heteroatoms. The summed E-state index contributed by atoms with van der Waals surface area (Å²) in [5, 5.41) is 11.9. The van der Waals surface area contributed by atoms with Gasteiger partial charge in [0.25, 0.3) is 0 Å². The van der Waals surface area contributed by atoms with Gasteiger partial charge in [0.15, 0.2) is 0 Å². The lowest BCUT2D eigenvalue weighted by molar-refractivity contribution is -0.128. The van der Waals surface area contributed by atoms with Gasteiger partial charge in [-0.1, -0.05) is 31.5 Å². The van der Waals surface area contributed by atoms with Gasteiger partial charge in [0, 0.05) is 6.54 Å². The Hall–Kier alpha value is -1.60. The molecule has 0 aliphatic rings. The molecule has 0 atom stereocenters. The first kappa shape index (κ1) is 15.5. The first-order valence-electron chi connectivity index (χ1n) is 6.12. The molecule has 19 heavy (non-hydrogen) atoms. The Kier molecular flexibility index (Phi) is 5.31. The standard InChI is InChI=1S/C14H16ClFN2O/c1-3-14(4-2,9-17)13(19)18-8-10-5-6-12(16)11(15)7-10/h5-7H,3-4,8H2,1-2H3,(H,18,19). The highest BCUT2D eigenvalue weighted by Crippen LogP contribution is 2.25. The summed E-state index contributed by atoms with van der Waals surface area (Å²) >= 11 is 5.66. The van der Waals surface area contributed by atoms with Gasteiger partial charge in [-0.3, -0.25) is 4.79 Å². The van der Waals surface area contributed by atoms with Crippen molar-refractivity contribution in [2.75, 3.05) is 0 Å². The van der Waals surface area contributed by atoms with E-state index in [1.165, 1.54) is 12.1 Å². The largest absolute Gasteiger partial charge is 0.351 e. The molecular weight excluding hydrogens is 267 g/mol. The smallest absolute Gasteiger partial charge is 0.240 e. The van der Waals surface area contributed by atoms with Crippen molar-refractivity contribution in [3.8, 4) is 6.07 Å². The van der Waals surface area contributed by atoms with E-state index in [1.807, 2.05) is 0 Å². The molecule has 0 unspecified atom stereocenters. The number of rotatable bonds is 5. The van der Waals surface area contributed by atoms with E-state index in [2.05, 4.69) is 11.4 Å². The number of carbonyl (C=O) groups excluding carboxylic acids is 1. The summed E-state index contributed by atoms with van der Waals surface area (Å²) in [6.07, 6.45) is 0.909. The molecule has 0 bridgehead atoms. The Morgan fingerprint density at radius 1 is 1.47 bits per heavy atom. The van der Waals surface area contributed by atoms with Gasteiger partial charge in [-0.25, -0.2) is 4.39 Å². The predicted octanol–water partition coefficient (Wildman–Crippen LogP) is 3.43. The van der Waals surface area contributed by atoms with Crippen molar-refractivity contribution >= 4 is 17.5 Å². The second kappa shape index (κ2) is 6.53. The summed E-state index contributed by atoms with van der Waals surface area (Å²) in [6.45, 7) is 3.84. The van der Waals surface area contributed by atoms with Crippen LogP contribution >= 0.6 is 11.6 Å². The summed E-state index contributed by atoms with van der Waals surface area (Å²) in [4.78, 5) is 12.0. The highest BCUT2D eigenvalue weighted by atomic mass is 35.5. The molecule has 3 nitrogen and oxygen atoms in total. The van der Waals surface area contributed by atoms with Gasteiger partial charge in [-0.15, -0.1) is 0 Å². The van der Waals surface area contributed by atoms with Crippen molar-refractivity contribution in [3.05, 3.63) is 34.6 Å². The molecule has 0 aromatic heterocycles. The quantitative estimate of drug-likeness (QED) is 0.899. The third-order valence-electron chi connectivity index (χ3n) is 3.29. The van der Waals surface area contributed by atoms with Crippen molar-refractivity contribution in [2.45, 2.75) is 33.2 Å². The fourth-order valence-electron chi connectivity index (χ4n) is 1.78. The lowest BCUT2D eigenvalue weighted by Gasteiger charge is -2.22. The third-order valence-corrected chi connectivity index (χ3v) is 3.58. The monoisotopic (exact) mass is 282 g/mol. The van der Waals surface area contributed by atoms with Gasteiger partial charge >= 0.3 is 0 Å². The molecule has 102 valence electrons. The van der Waals surface area contributed by atoms with Gasteiger partial charge in [-0.05, 0) is 30.5 Å². The molecule has 0 aliphatic carbocycles. The summed E-state index contributed by atoms with van der Waals surface area (Å²) < 4.78 is 13.0. The van der Waals surface area contributed by atoms with Crippen LogP contribution in [0.5, 0.6) is 0 Å². The second-order valence-electron chi connectivity index (χ2n) is 4.33. The van der Waals surface area contributed by atoms with Crippen molar-refractivity contribution in [3.63, 3.8) is 0 Å². The molecule has 0 saturated carbocycles. The summed E-state index contributed by atoms with van der Waals surface area (Å²) in [5.41, 5.74) is -0.303. The molecule has 0 heterocycles. The number of hydrogen-bond donors (Lipinski definition) is 1. The lowest BCUT2D eigenvalue weighted by atomic mass is 9.83. The summed E-state index contributed by atoms with van der Waals surface area (Å²) in [6, 6.07) is 6.33. The summed E-state index contributed by atoms with van der Waals surface area (Å²) in [5.74, 6) is -0.800. The van der Waals surface area contributed by atoms with E-state index in [-0.39, 0.29) is 17.5 Å². The van der Waals surface area contributed by atoms with Crippen LogP contribution < -0.4 is 5.32 Å². The van der Waals surface area contributed by atoms with Crippen LogP contribution in [0.4, 0.5) is 4.39 Å². The molecule has 1 rings (SSSR count). The molecular formula is C14H16ClFN2O. The maximum atomic E-state index is 13.0. The number of nitriles is 1. The molecule has 1 amide bonds. The number of carbonyl (C=O) groups is 1. The normalized spacial score (nSPS) is 10.9. The van der Waals surface area contributed by atoms with Gasteiger partial charge in [-0.2, -0.15) is 5.26 Å². The third kappa shape index (κ3) is 3.45. The average Bonchev–Trinajstić information content (AvgIpc) is 2.42. The highest BCUT2D eigenvalue weighted by molar-refractivity contribution is 6.30. The van der Waals surface area contributed by atoms with Crippen LogP contribution in [0, 0.1) is 22.6 Å². The zero-order valence-corrected chi connectivity index (χ0v) is 11.7. The van der Waals surface area contributed by atoms with Gasteiger partial charge in [0.2, 0.25) is 5.91 Å². The minimum absolute atomic E-state index is 0.0179. The van der Waals surface area contributed by atoms with E-state index < -0.39 is 11.2 Å². The van der Waals surface area contributed by atoms with Crippen molar-refractivity contribution in [2.24, 2.45) is 5.41 Å². The number of hydrogen-bond acceptors (Lipinski definition) is 2. The fraction of sp³-hybridized carbons (Fsp3) is 0.429. The molecule has 0 spiro atoms. The Balaban J connectivity index is 2.73. The van der Waals surface area contributed by atoms with Crippen molar-refractivity contribution in [1.82, 2.24) is 5.32 Å². The Morgan fingerprint density at radius 3 is 2.58 bits per heavy atom. The van der Waals surface area contributed by atoms with Crippen LogP contribution in [-0.4, -0.2) is 5.91 Å². The molecule has 1 aromatic carbocycles. The predicted molar refractivity (Wildman–Crippen MR) is 71.9 cm³/mol. The highest BCUT2D eigenvalue weighted by Gasteiger charge is 2.34. The number of amides is 1. The van der Waals surface area contributed by atoms with E-state index in [0.717, 1.165) is 0 Å². The van der Waals surface area contributed by atoms with E-state index >= 15 is 0 Å². The van der Waals surface area contributed by atoms with Gasteiger partial charge in [0.1, 0.15) is 11.2 Å². The molecule has 0 fully saturated rings. The van der Waals surface area contributed by atoms with Crippen molar-refractivity contribution < 1.29 is 9.18 Å². The van der Waals surface area contributed by atoms with E-state index in [4.69, 9.17) is 16.9 Å². The first-order valence-corrected chi connectivity index (χ1v) is 6.50. The lowest BCUT2D eigenvalue weighted by Crippen LogP contribution is -2.39. The van der Waals surface area contributed by atoms with Crippen LogP contribution in [0.2, 0.25) is 5.02 Å². The maximum Gasteiger partial charge on any atom is 0.240 e. The Morgan fingerprint density at radius 2 is 2.11 bits per heavy atom. The van der Waals surface area contributed by atoms with Gasteiger partial charge in [0.05, 0.1) is 11.1 Å². The SMILES string of the molecule is CCC(C#N)(CC)C(=O)NCc1ccc(F)c(Cl)c1. The van der Waals surface area contributed by atoms with Crippen LogP contribution in [-0.2, 0) is 11.3 Å². The van der Waals surface area contributed by atoms with Crippen LogP contribution in [0.25, 0.3) is 0 Å². The zero-order valence-electron chi connectivity index (χ0n) is 11.0. The molecule has 1 N–H and O–H groups in total. The van der Waals surface area contributed by atoms with E-state index in [1.54, 1.807) is 19.9 Å². The minimum Gasteiger partial charge on any atom is -0.351 e. The summed E-state index contributed by atoms with van der Waals surface area (Å²) in [7, 11) is 0. The number of halogens is 2. The fourth-order valence-corrected chi connectivity index (χ4v) is 1.98. The molecule has 1 aromatic rings. The van der Waals surface area contributed by atoms with Crippen LogP contribution in [0.3, 0.4) is 0 Å². The number of benzene rings is 1. The van der Waals surface area contributed by atoms with E-state index in [9.17, 15) is 9.18 Å². The second-order valence-corrected chi connectivity index (χ2v) is 4.74. The number of nitrogens with one attached hydrogen (secondary N) is 1. The zero-order chi connectivity index (χ0) is 14.5. The molecule has 0 saturated heterocycles. The Labute approximate surface area is 117 Å². The maximum absolute atomic E-state index is 13.0. The van der Waals surface area contributed by atoms with E-state index in [0.29, 0.717) is 18.4 Å². The average molecular weight is 283 g/mol. The molecule has 0 radical (unpaired) electrons.